The Labute approximate surface area is 118 Å². The van der Waals surface area contributed by atoms with Gasteiger partial charge in [-0.05, 0) is 44.6 Å². The lowest BCUT2D eigenvalue weighted by atomic mass is 10.2. The standard InChI is InChI=1S/C15H20FN3O/c1-2-17-14-13(16)12(7-8-18-14)15(20)19(11-5-6-11)9-10-3-4-10/h7-8,10-11H,2-6,9H2,1H3,(H,17,18). The molecule has 2 saturated carbocycles. The van der Waals surface area contributed by atoms with Crippen LogP contribution in [-0.4, -0.2) is 34.9 Å². The van der Waals surface area contributed by atoms with Crippen molar-refractivity contribution in [1.29, 1.82) is 0 Å². The summed E-state index contributed by atoms with van der Waals surface area (Å²) in [6, 6.07) is 1.80. The van der Waals surface area contributed by atoms with Gasteiger partial charge in [-0.2, -0.15) is 0 Å². The van der Waals surface area contributed by atoms with Crippen LogP contribution >= 0.6 is 0 Å². The van der Waals surface area contributed by atoms with E-state index in [-0.39, 0.29) is 17.3 Å². The van der Waals surface area contributed by atoms with Crippen molar-refractivity contribution in [3.05, 3.63) is 23.6 Å². The molecule has 1 aromatic rings. The maximum Gasteiger partial charge on any atom is 0.257 e. The molecule has 0 bridgehead atoms. The van der Waals surface area contributed by atoms with E-state index in [1.165, 1.54) is 25.1 Å². The van der Waals surface area contributed by atoms with Crippen LogP contribution in [0.1, 0.15) is 43.0 Å². The fourth-order valence-electron chi connectivity index (χ4n) is 2.42. The van der Waals surface area contributed by atoms with E-state index in [4.69, 9.17) is 0 Å². The molecule has 0 spiro atoms. The first-order valence-corrected chi connectivity index (χ1v) is 7.40. The average molecular weight is 277 g/mol. The highest BCUT2D eigenvalue weighted by atomic mass is 19.1. The van der Waals surface area contributed by atoms with Crippen molar-refractivity contribution in [2.24, 2.45) is 5.92 Å². The van der Waals surface area contributed by atoms with Gasteiger partial charge in [0.1, 0.15) is 0 Å². The molecule has 2 aliphatic carbocycles. The van der Waals surface area contributed by atoms with Gasteiger partial charge in [0, 0.05) is 25.3 Å². The molecule has 1 aromatic heterocycles. The summed E-state index contributed by atoms with van der Waals surface area (Å²) < 4.78 is 14.3. The van der Waals surface area contributed by atoms with Crippen molar-refractivity contribution >= 4 is 11.7 Å². The predicted octanol–water partition coefficient (Wildman–Crippen LogP) is 2.67. The van der Waals surface area contributed by atoms with Crippen molar-refractivity contribution in [3.8, 4) is 0 Å². The number of hydrogen-bond donors (Lipinski definition) is 1. The van der Waals surface area contributed by atoms with Crippen molar-refractivity contribution < 1.29 is 9.18 Å². The molecule has 1 heterocycles. The highest BCUT2D eigenvalue weighted by molar-refractivity contribution is 5.95. The lowest BCUT2D eigenvalue weighted by Crippen LogP contribution is -2.35. The van der Waals surface area contributed by atoms with Crippen LogP contribution in [0.5, 0.6) is 0 Å². The summed E-state index contributed by atoms with van der Waals surface area (Å²) >= 11 is 0. The van der Waals surface area contributed by atoms with Crippen LogP contribution in [0.15, 0.2) is 12.3 Å². The van der Waals surface area contributed by atoms with Crippen molar-refractivity contribution in [3.63, 3.8) is 0 Å². The van der Waals surface area contributed by atoms with E-state index in [1.807, 2.05) is 11.8 Å². The minimum Gasteiger partial charge on any atom is -0.368 e. The first kappa shape index (κ1) is 13.3. The van der Waals surface area contributed by atoms with Gasteiger partial charge in [0.2, 0.25) is 0 Å². The number of carbonyl (C=O) groups excluding carboxylic acids is 1. The maximum atomic E-state index is 14.3. The summed E-state index contributed by atoms with van der Waals surface area (Å²) in [5.41, 5.74) is 0.142. The Balaban J connectivity index is 1.82. The third-order valence-electron chi connectivity index (χ3n) is 3.86. The highest BCUT2D eigenvalue weighted by Gasteiger charge is 2.37. The fourth-order valence-corrected chi connectivity index (χ4v) is 2.42. The number of nitrogens with one attached hydrogen (secondary N) is 1. The average Bonchev–Trinajstić information content (AvgIpc) is 3.31. The van der Waals surface area contributed by atoms with E-state index in [1.54, 1.807) is 0 Å². The van der Waals surface area contributed by atoms with Crippen LogP contribution in [0.3, 0.4) is 0 Å². The molecule has 0 atom stereocenters. The lowest BCUT2D eigenvalue weighted by molar-refractivity contribution is 0.0730. The molecular weight excluding hydrogens is 257 g/mol. The van der Waals surface area contributed by atoms with Gasteiger partial charge < -0.3 is 10.2 Å². The van der Waals surface area contributed by atoms with Gasteiger partial charge in [-0.15, -0.1) is 0 Å². The Bertz CT molecular complexity index is 512. The number of hydrogen-bond acceptors (Lipinski definition) is 3. The van der Waals surface area contributed by atoms with Crippen molar-refractivity contribution in [2.45, 2.75) is 38.6 Å². The quantitative estimate of drug-likeness (QED) is 0.869. The third kappa shape index (κ3) is 2.76. The van der Waals surface area contributed by atoms with Gasteiger partial charge in [0.05, 0.1) is 5.56 Å². The predicted molar refractivity (Wildman–Crippen MR) is 75.1 cm³/mol. The third-order valence-corrected chi connectivity index (χ3v) is 3.86. The van der Waals surface area contributed by atoms with Crippen LogP contribution in [0.25, 0.3) is 0 Å². The topological polar surface area (TPSA) is 45.2 Å². The zero-order valence-corrected chi connectivity index (χ0v) is 11.7. The molecule has 4 nitrogen and oxygen atoms in total. The van der Waals surface area contributed by atoms with Gasteiger partial charge in [0.25, 0.3) is 5.91 Å². The lowest BCUT2D eigenvalue weighted by Gasteiger charge is -2.23. The molecule has 1 N–H and O–H groups in total. The van der Waals surface area contributed by atoms with E-state index < -0.39 is 5.82 Å². The minimum absolute atomic E-state index is 0.142. The van der Waals surface area contributed by atoms with Crippen LogP contribution in [0, 0.1) is 11.7 Å². The smallest absolute Gasteiger partial charge is 0.257 e. The van der Waals surface area contributed by atoms with Crippen LogP contribution in [0.2, 0.25) is 0 Å². The summed E-state index contributed by atoms with van der Waals surface area (Å²) in [5.74, 6) is 0.0810. The monoisotopic (exact) mass is 277 g/mol. The molecule has 20 heavy (non-hydrogen) atoms. The Morgan fingerprint density at radius 1 is 1.45 bits per heavy atom. The second-order valence-electron chi connectivity index (χ2n) is 5.68. The Morgan fingerprint density at radius 2 is 2.20 bits per heavy atom. The van der Waals surface area contributed by atoms with E-state index in [9.17, 15) is 9.18 Å². The summed E-state index contributed by atoms with van der Waals surface area (Å²) in [4.78, 5) is 18.4. The number of halogens is 1. The van der Waals surface area contributed by atoms with E-state index >= 15 is 0 Å². The molecule has 3 rings (SSSR count). The number of carbonyl (C=O) groups is 1. The fraction of sp³-hybridized carbons (Fsp3) is 0.600. The normalized spacial score (nSPS) is 17.9. The van der Waals surface area contributed by atoms with Crippen LogP contribution < -0.4 is 5.32 Å². The molecular formula is C15H20FN3O. The number of nitrogens with zero attached hydrogens (tertiary/aromatic N) is 2. The molecule has 0 saturated heterocycles. The van der Waals surface area contributed by atoms with E-state index in [2.05, 4.69) is 10.3 Å². The molecule has 0 radical (unpaired) electrons. The largest absolute Gasteiger partial charge is 0.368 e. The maximum absolute atomic E-state index is 14.3. The molecule has 0 aromatic carbocycles. The summed E-state index contributed by atoms with van der Waals surface area (Å²) in [5, 5.41) is 2.85. The van der Waals surface area contributed by atoms with Gasteiger partial charge >= 0.3 is 0 Å². The Kier molecular flexibility index (Phi) is 3.59. The van der Waals surface area contributed by atoms with Crippen molar-refractivity contribution in [1.82, 2.24) is 9.88 Å². The second kappa shape index (κ2) is 5.38. The molecule has 1 amide bonds. The van der Waals surface area contributed by atoms with Crippen molar-refractivity contribution in [2.75, 3.05) is 18.4 Å². The first-order chi connectivity index (χ1) is 9.70. The molecule has 0 unspecified atom stereocenters. The van der Waals surface area contributed by atoms with Crippen LogP contribution in [-0.2, 0) is 0 Å². The van der Waals surface area contributed by atoms with Gasteiger partial charge in [-0.25, -0.2) is 9.37 Å². The number of anilines is 1. The number of pyridine rings is 1. The minimum atomic E-state index is -0.527. The highest BCUT2D eigenvalue weighted by Crippen LogP contribution is 2.36. The van der Waals surface area contributed by atoms with Gasteiger partial charge in [0.15, 0.2) is 11.6 Å². The zero-order valence-electron chi connectivity index (χ0n) is 11.7. The van der Waals surface area contributed by atoms with Crippen LogP contribution in [0.4, 0.5) is 10.2 Å². The van der Waals surface area contributed by atoms with Gasteiger partial charge in [-0.3, -0.25) is 4.79 Å². The Morgan fingerprint density at radius 3 is 2.80 bits per heavy atom. The van der Waals surface area contributed by atoms with E-state index in [0.29, 0.717) is 18.5 Å². The summed E-state index contributed by atoms with van der Waals surface area (Å²) in [6.07, 6.45) is 5.98. The number of rotatable bonds is 6. The molecule has 0 aliphatic heterocycles. The second-order valence-corrected chi connectivity index (χ2v) is 5.68. The Hall–Kier alpha value is -1.65. The zero-order chi connectivity index (χ0) is 14.1. The van der Waals surface area contributed by atoms with Gasteiger partial charge in [-0.1, -0.05) is 0 Å². The SMILES string of the molecule is CCNc1nccc(C(=O)N(CC2CC2)C2CC2)c1F. The number of amides is 1. The molecule has 2 aliphatic rings. The molecule has 2 fully saturated rings. The molecule has 5 heteroatoms. The summed E-state index contributed by atoms with van der Waals surface area (Å²) in [7, 11) is 0. The molecule has 108 valence electrons. The van der Waals surface area contributed by atoms with E-state index in [0.717, 1.165) is 19.4 Å². The summed E-state index contributed by atoms with van der Waals surface area (Å²) in [6.45, 7) is 3.23. The number of aromatic nitrogens is 1. The first-order valence-electron chi connectivity index (χ1n) is 7.40.